The normalized spacial score (nSPS) is 20.9. The van der Waals surface area contributed by atoms with Gasteiger partial charge in [-0.15, -0.1) is 0 Å². The molecule has 11 heavy (non-hydrogen) atoms. The van der Waals surface area contributed by atoms with Crippen LogP contribution in [0.3, 0.4) is 0 Å². The summed E-state index contributed by atoms with van der Waals surface area (Å²) >= 11 is 0. The van der Waals surface area contributed by atoms with Gasteiger partial charge in [0, 0.05) is 32.1 Å². The van der Waals surface area contributed by atoms with E-state index in [9.17, 15) is 4.79 Å². The molecule has 4 nitrogen and oxygen atoms in total. The van der Waals surface area contributed by atoms with E-state index in [1.54, 1.807) is 4.90 Å². The summed E-state index contributed by atoms with van der Waals surface area (Å²) in [6.45, 7) is 1.92. The van der Waals surface area contributed by atoms with Gasteiger partial charge in [-0.25, -0.2) is 0 Å². The summed E-state index contributed by atoms with van der Waals surface area (Å²) in [5.74, 6) is 0.217. The molecular weight excluding hydrogens is 142 g/mol. The van der Waals surface area contributed by atoms with Crippen LogP contribution in [-0.2, 0) is 4.79 Å². The fourth-order valence-corrected chi connectivity index (χ4v) is 1.25. The van der Waals surface area contributed by atoms with E-state index in [4.69, 9.17) is 11.5 Å². The number of amides is 1. The van der Waals surface area contributed by atoms with Gasteiger partial charge < -0.3 is 16.4 Å². The quantitative estimate of drug-likeness (QED) is 0.546. The predicted octanol–water partition coefficient (Wildman–Crippen LogP) is -1.11. The minimum Gasteiger partial charge on any atom is -0.341 e. The molecule has 1 aliphatic heterocycles. The maximum absolute atomic E-state index is 11.1. The lowest BCUT2D eigenvalue weighted by Crippen LogP contribution is -2.42. The fraction of sp³-hybridized carbons (Fsp3) is 0.857. The Bertz CT molecular complexity index is 149. The van der Waals surface area contributed by atoms with Crippen molar-refractivity contribution in [1.29, 1.82) is 0 Å². The molecule has 0 aromatic heterocycles. The molecular formula is C7H15N3O. The van der Waals surface area contributed by atoms with Crippen molar-refractivity contribution in [1.82, 2.24) is 4.90 Å². The summed E-state index contributed by atoms with van der Waals surface area (Å²) < 4.78 is 0. The van der Waals surface area contributed by atoms with Crippen LogP contribution >= 0.6 is 0 Å². The van der Waals surface area contributed by atoms with Crippen LogP contribution in [0.25, 0.3) is 0 Å². The second-order valence-corrected chi connectivity index (χ2v) is 2.94. The monoisotopic (exact) mass is 157 g/mol. The van der Waals surface area contributed by atoms with E-state index in [2.05, 4.69) is 0 Å². The number of hydrogen-bond acceptors (Lipinski definition) is 3. The zero-order chi connectivity index (χ0) is 8.27. The molecule has 0 saturated carbocycles. The minimum atomic E-state index is -0.0583. The van der Waals surface area contributed by atoms with Crippen LogP contribution in [0.4, 0.5) is 0 Å². The molecule has 1 saturated heterocycles. The van der Waals surface area contributed by atoms with Crippen molar-refractivity contribution in [3.63, 3.8) is 0 Å². The summed E-state index contributed by atoms with van der Waals surface area (Å²) in [5, 5.41) is 0. The number of hydrogen-bond donors (Lipinski definition) is 2. The standard InChI is InChI=1S/C7H15N3O/c8-4-6(9)5-10-3-1-2-7(10)11/h6H,1-5,8-9H2. The highest BCUT2D eigenvalue weighted by molar-refractivity contribution is 5.78. The van der Waals surface area contributed by atoms with Crippen molar-refractivity contribution >= 4 is 5.91 Å². The molecule has 1 fully saturated rings. The van der Waals surface area contributed by atoms with Gasteiger partial charge in [0.2, 0.25) is 5.91 Å². The van der Waals surface area contributed by atoms with E-state index in [-0.39, 0.29) is 11.9 Å². The Morgan fingerprint density at radius 3 is 2.82 bits per heavy atom. The minimum absolute atomic E-state index is 0.0583. The molecule has 4 N–H and O–H groups in total. The summed E-state index contributed by atoms with van der Waals surface area (Å²) in [6, 6.07) is -0.0583. The van der Waals surface area contributed by atoms with Crippen LogP contribution in [0.15, 0.2) is 0 Å². The van der Waals surface area contributed by atoms with Gasteiger partial charge in [-0.05, 0) is 6.42 Å². The fourth-order valence-electron chi connectivity index (χ4n) is 1.25. The van der Waals surface area contributed by atoms with Gasteiger partial charge in [0.15, 0.2) is 0 Å². The topological polar surface area (TPSA) is 72.3 Å². The van der Waals surface area contributed by atoms with E-state index >= 15 is 0 Å². The molecule has 0 spiro atoms. The summed E-state index contributed by atoms with van der Waals surface area (Å²) in [7, 11) is 0. The smallest absolute Gasteiger partial charge is 0.222 e. The summed E-state index contributed by atoms with van der Waals surface area (Å²) in [5.41, 5.74) is 10.9. The Morgan fingerprint density at radius 2 is 2.36 bits per heavy atom. The van der Waals surface area contributed by atoms with Crippen LogP contribution in [0.2, 0.25) is 0 Å². The Morgan fingerprint density at radius 1 is 1.64 bits per heavy atom. The van der Waals surface area contributed by atoms with Crippen LogP contribution < -0.4 is 11.5 Å². The van der Waals surface area contributed by atoms with Crippen LogP contribution in [-0.4, -0.2) is 36.5 Å². The molecule has 64 valence electrons. The van der Waals surface area contributed by atoms with Crippen LogP contribution in [0, 0.1) is 0 Å². The molecule has 1 amide bonds. The first-order valence-electron chi connectivity index (χ1n) is 3.97. The Balaban J connectivity index is 2.30. The molecule has 1 atom stereocenters. The molecule has 0 bridgehead atoms. The van der Waals surface area contributed by atoms with E-state index < -0.39 is 0 Å². The Hall–Kier alpha value is -0.610. The Labute approximate surface area is 66.5 Å². The van der Waals surface area contributed by atoms with E-state index in [1.807, 2.05) is 0 Å². The third-order valence-corrected chi connectivity index (χ3v) is 1.93. The van der Waals surface area contributed by atoms with Crippen molar-refractivity contribution in [2.75, 3.05) is 19.6 Å². The number of rotatable bonds is 3. The maximum atomic E-state index is 11.1. The predicted molar refractivity (Wildman–Crippen MR) is 42.8 cm³/mol. The molecule has 0 aliphatic carbocycles. The van der Waals surface area contributed by atoms with Crippen molar-refractivity contribution in [2.24, 2.45) is 11.5 Å². The lowest BCUT2D eigenvalue weighted by molar-refractivity contribution is -0.127. The van der Waals surface area contributed by atoms with Gasteiger partial charge >= 0.3 is 0 Å². The molecule has 1 aliphatic rings. The number of nitrogens with two attached hydrogens (primary N) is 2. The average molecular weight is 157 g/mol. The van der Waals surface area contributed by atoms with E-state index in [0.717, 1.165) is 13.0 Å². The number of likely N-dealkylation sites (tertiary alicyclic amines) is 1. The van der Waals surface area contributed by atoms with E-state index in [1.165, 1.54) is 0 Å². The second-order valence-electron chi connectivity index (χ2n) is 2.94. The third-order valence-electron chi connectivity index (χ3n) is 1.93. The first-order valence-corrected chi connectivity index (χ1v) is 3.97. The lowest BCUT2D eigenvalue weighted by atomic mass is 10.3. The van der Waals surface area contributed by atoms with Gasteiger partial charge in [0.05, 0.1) is 0 Å². The Kier molecular flexibility index (Phi) is 2.84. The zero-order valence-corrected chi connectivity index (χ0v) is 6.62. The van der Waals surface area contributed by atoms with Crippen LogP contribution in [0.5, 0.6) is 0 Å². The second kappa shape index (κ2) is 3.69. The largest absolute Gasteiger partial charge is 0.341 e. The zero-order valence-electron chi connectivity index (χ0n) is 6.62. The van der Waals surface area contributed by atoms with Crippen molar-refractivity contribution in [2.45, 2.75) is 18.9 Å². The third kappa shape index (κ3) is 2.17. The molecule has 4 heteroatoms. The highest BCUT2D eigenvalue weighted by atomic mass is 16.2. The average Bonchev–Trinajstić information content (AvgIpc) is 2.37. The summed E-state index contributed by atoms with van der Waals surface area (Å²) in [4.78, 5) is 12.8. The highest BCUT2D eigenvalue weighted by Gasteiger charge is 2.20. The SMILES string of the molecule is NCC(N)CN1CCCC1=O. The van der Waals surface area contributed by atoms with Crippen molar-refractivity contribution in [3.8, 4) is 0 Å². The number of nitrogens with zero attached hydrogens (tertiary/aromatic N) is 1. The molecule has 0 aromatic rings. The van der Waals surface area contributed by atoms with Gasteiger partial charge in [-0.1, -0.05) is 0 Å². The van der Waals surface area contributed by atoms with Gasteiger partial charge in [-0.2, -0.15) is 0 Å². The molecule has 1 heterocycles. The summed E-state index contributed by atoms with van der Waals surface area (Å²) in [6.07, 6.45) is 1.65. The first kappa shape index (κ1) is 8.49. The molecule has 1 unspecified atom stereocenters. The first-order chi connectivity index (χ1) is 5.24. The van der Waals surface area contributed by atoms with Gasteiger partial charge in [-0.3, -0.25) is 4.79 Å². The molecule has 0 radical (unpaired) electrons. The maximum Gasteiger partial charge on any atom is 0.222 e. The lowest BCUT2D eigenvalue weighted by Gasteiger charge is -2.18. The van der Waals surface area contributed by atoms with Crippen LogP contribution in [0.1, 0.15) is 12.8 Å². The number of carbonyl (C=O) groups excluding carboxylic acids is 1. The molecule has 0 aromatic carbocycles. The van der Waals surface area contributed by atoms with Crippen molar-refractivity contribution < 1.29 is 4.79 Å². The van der Waals surface area contributed by atoms with Crippen molar-refractivity contribution in [3.05, 3.63) is 0 Å². The molecule has 1 rings (SSSR count). The van der Waals surface area contributed by atoms with Gasteiger partial charge in [0.1, 0.15) is 0 Å². The van der Waals surface area contributed by atoms with E-state index in [0.29, 0.717) is 19.5 Å². The number of carbonyl (C=O) groups is 1. The van der Waals surface area contributed by atoms with Gasteiger partial charge in [0.25, 0.3) is 0 Å². The highest BCUT2D eigenvalue weighted by Crippen LogP contribution is 2.08.